The number of rotatable bonds is 7. The molecule has 2 heterocycles. The zero-order valence-electron chi connectivity index (χ0n) is 27.6. The van der Waals surface area contributed by atoms with E-state index < -0.39 is 21.8 Å². The van der Waals surface area contributed by atoms with Gasteiger partial charge in [-0.2, -0.15) is 0 Å². The van der Waals surface area contributed by atoms with Gasteiger partial charge in [0.15, 0.2) is 0 Å². The predicted molar refractivity (Wildman–Crippen MR) is 189 cm³/mol. The molecule has 5 heteroatoms. The molecular formula is C44H37Cl2O2Zr. The molecule has 243 valence electrons. The molecule has 4 aromatic carbocycles. The summed E-state index contributed by atoms with van der Waals surface area (Å²) in [5.41, 5.74) is 16.5. The molecule has 6 aromatic rings. The van der Waals surface area contributed by atoms with Crippen molar-refractivity contribution in [3.05, 3.63) is 167 Å². The first-order chi connectivity index (χ1) is 23.2. The van der Waals surface area contributed by atoms with Gasteiger partial charge < -0.3 is 24.8 Å². The van der Waals surface area contributed by atoms with Gasteiger partial charge in [0.1, 0.15) is 0 Å². The quantitative estimate of drug-likeness (QED) is 0.191. The van der Waals surface area contributed by atoms with E-state index in [4.69, 9.17) is 8.83 Å². The van der Waals surface area contributed by atoms with Crippen molar-refractivity contribution < 1.29 is 55.4 Å². The number of furan rings is 2. The van der Waals surface area contributed by atoms with Gasteiger partial charge >= 0.3 is 287 Å². The van der Waals surface area contributed by atoms with Crippen molar-refractivity contribution in [3.8, 4) is 22.3 Å². The normalized spacial score (nSPS) is 17.6. The summed E-state index contributed by atoms with van der Waals surface area (Å²) >= 11 is -2.60. The van der Waals surface area contributed by atoms with Crippen LogP contribution in [-0.2, 0) is 21.8 Å². The summed E-state index contributed by atoms with van der Waals surface area (Å²) in [5, 5.41) is 0. The molecule has 9 rings (SSSR count). The molecule has 0 radical (unpaired) electrons. The molecule has 3 aliphatic carbocycles. The van der Waals surface area contributed by atoms with Crippen LogP contribution in [0.25, 0.3) is 45.6 Å². The van der Waals surface area contributed by atoms with Crippen LogP contribution in [0.5, 0.6) is 0 Å². The Morgan fingerprint density at radius 3 is 1.35 bits per heavy atom. The SMILES string of the molecule is Cc1ccc2c(c1-c1ccccc1)C=C(c1ccco1)[CH]2[Zr+2]([CH]1CCC1)[CH]1C(c2ccco2)=Cc2c1ccc(C)c2-c1ccccc1.[Cl-].[Cl-]. The maximum atomic E-state index is 6.29. The molecule has 2 atom stereocenters. The summed E-state index contributed by atoms with van der Waals surface area (Å²) in [5.74, 6) is 2.05. The van der Waals surface area contributed by atoms with E-state index in [0.717, 1.165) is 15.1 Å². The van der Waals surface area contributed by atoms with Crippen molar-refractivity contribution in [2.24, 2.45) is 0 Å². The summed E-state index contributed by atoms with van der Waals surface area (Å²) in [6, 6.07) is 40.1. The van der Waals surface area contributed by atoms with E-state index in [0.29, 0.717) is 7.25 Å². The van der Waals surface area contributed by atoms with E-state index in [1.54, 1.807) is 0 Å². The fourth-order valence-corrected chi connectivity index (χ4v) is 20.2. The third-order valence-corrected chi connectivity index (χ3v) is 20.9. The van der Waals surface area contributed by atoms with E-state index >= 15 is 0 Å². The summed E-state index contributed by atoms with van der Waals surface area (Å²) in [7, 11) is 0. The van der Waals surface area contributed by atoms with E-state index in [2.05, 4.69) is 135 Å². The van der Waals surface area contributed by atoms with Gasteiger partial charge in [-0.25, -0.2) is 0 Å². The topological polar surface area (TPSA) is 26.3 Å². The van der Waals surface area contributed by atoms with E-state index in [1.165, 1.54) is 86.0 Å². The van der Waals surface area contributed by atoms with Crippen LogP contribution in [0.2, 0.25) is 3.63 Å². The van der Waals surface area contributed by atoms with Crippen LogP contribution in [-0.4, -0.2) is 0 Å². The van der Waals surface area contributed by atoms with Crippen LogP contribution in [0.15, 0.2) is 131 Å². The number of aryl methyl sites for hydroxylation is 2. The standard InChI is InChI=1S/2C20H15O.C4H7.2ClH.Zr/c2*1-14-9-10-16-12-17(19-8-5-11-21-19)13-18(16)20(14)15-6-3-2-4-7-15;1-2-4-3-1;;;/h2*2-13H,1H3;1H,2-4H2;2*1H;/q;;;;;+2/p-2. The first-order valence-corrected chi connectivity index (χ1v) is 21.2. The van der Waals surface area contributed by atoms with Crippen LogP contribution in [0, 0.1) is 13.8 Å². The molecule has 2 unspecified atom stereocenters. The van der Waals surface area contributed by atoms with Gasteiger partial charge in [-0.3, -0.25) is 0 Å². The Balaban J connectivity index is 0.00000189. The Labute approximate surface area is 309 Å². The molecule has 2 nitrogen and oxygen atoms in total. The molecule has 2 aromatic heterocycles. The molecule has 49 heavy (non-hydrogen) atoms. The molecule has 1 fully saturated rings. The summed E-state index contributed by atoms with van der Waals surface area (Å²) in [4.78, 5) is 0. The second-order valence-corrected chi connectivity index (χ2v) is 20.7. The van der Waals surface area contributed by atoms with E-state index in [9.17, 15) is 0 Å². The van der Waals surface area contributed by atoms with E-state index in [-0.39, 0.29) is 24.8 Å². The molecule has 0 spiro atoms. The first kappa shape index (κ1) is 33.9. The van der Waals surface area contributed by atoms with Crippen molar-refractivity contribution in [2.75, 3.05) is 0 Å². The fourth-order valence-electron chi connectivity index (χ4n) is 8.50. The number of hydrogen-bond acceptors (Lipinski definition) is 2. The van der Waals surface area contributed by atoms with Crippen LogP contribution in [0.3, 0.4) is 0 Å². The number of hydrogen-bond donors (Lipinski definition) is 0. The minimum absolute atomic E-state index is 0. The van der Waals surface area contributed by atoms with Gasteiger partial charge in [-0.05, 0) is 0 Å². The number of benzene rings is 4. The van der Waals surface area contributed by atoms with Gasteiger partial charge in [0, 0.05) is 0 Å². The average Bonchev–Trinajstić information content (AvgIpc) is 3.89. The van der Waals surface area contributed by atoms with Crippen LogP contribution in [0.1, 0.15) is 71.4 Å². The van der Waals surface area contributed by atoms with Gasteiger partial charge in [-0.1, -0.05) is 0 Å². The smallest absolute Gasteiger partial charge is 1.00 e. The monoisotopic (exact) mass is 757 g/mol. The Morgan fingerprint density at radius 1 is 0.531 bits per heavy atom. The molecule has 0 bridgehead atoms. The molecule has 0 aliphatic heterocycles. The second kappa shape index (κ2) is 13.9. The van der Waals surface area contributed by atoms with Gasteiger partial charge in [-0.15, -0.1) is 0 Å². The minimum atomic E-state index is -2.60. The molecule has 0 amide bonds. The van der Waals surface area contributed by atoms with Gasteiger partial charge in [0.2, 0.25) is 0 Å². The van der Waals surface area contributed by atoms with Crippen LogP contribution >= 0.6 is 0 Å². The van der Waals surface area contributed by atoms with Crippen molar-refractivity contribution in [1.29, 1.82) is 0 Å². The Bertz CT molecular complexity index is 2000. The predicted octanol–water partition coefficient (Wildman–Crippen LogP) is 6.31. The van der Waals surface area contributed by atoms with Crippen molar-refractivity contribution >= 4 is 23.3 Å². The maximum absolute atomic E-state index is 6.29. The van der Waals surface area contributed by atoms with E-state index in [1.807, 2.05) is 12.5 Å². The van der Waals surface area contributed by atoms with Crippen molar-refractivity contribution in [3.63, 3.8) is 0 Å². The number of allylic oxidation sites excluding steroid dienone is 2. The molecule has 3 aliphatic rings. The Morgan fingerprint density at radius 2 is 0.980 bits per heavy atom. The molecule has 1 saturated carbocycles. The minimum Gasteiger partial charge on any atom is -1.00 e. The molecular weight excluding hydrogens is 723 g/mol. The van der Waals surface area contributed by atoms with Gasteiger partial charge in [0.05, 0.1) is 0 Å². The second-order valence-electron chi connectivity index (χ2n) is 13.4. The van der Waals surface area contributed by atoms with Crippen LogP contribution < -0.4 is 24.8 Å². The van der Waals surface area contributed by atoms with Gasteiger partial charge in [0.25, 0.3) is 0 Å². The molecule has 0 N–H and O–H groups in total. The third kappa shape index (κ3) is 5.69. The number of fused-ring (bicyclic) bond motifs is 2. The zero-order chi connectivity index (χ0) is 31.5. The maximum Gasteiger partial charge on any atom is -1.00 e. The summed E-state index contributed by atoms with van der Waals surface area (Å²) in [6.07, 6.45) is 12.7. The Hall–Kier alpha value is -3.62. The largest absolute Gasteiger partial charge is 1.00 e. The molecule has 0 saturated heterocycles. The third-order valence-electron chi connectivity index (χ3n) is 10.8. The van der Waals surface area contributed by atoms with Crippen molar-refractivity contribution in [2.45, 2.75) is 44.0 Å². The first-order valence-electron chi connectivity index (χ1n) is 16.9. The van der Waals surface area contributed by atoms with Crippen LogP contribution in [0.4, 0.5) is 0 Å². The fraction of sp³-hybridized carbons (Fsp3) is 0.182. The summed E-state index contributed by atoms with van der Waals surface area (Å²) in [6.45, 7) is 4.53. The Kier molecular flexibility index (Phi) is 9.64. The summed E-state index contributed by atoms with van der Waals surface area (Å²) < 4.78 is 14.1. The number of halogens is 2. The van der Waals surface area contributed by atoms with Crippen molar-refractivity contribution in [1.82, 2.24) is 0 Å². The average molecular weight is 760 g/mol. The zero-order valence-corrected chi connectivity index (χ0v) is 31.6.